The first kappa shape index (κ1) is 16.5. The molecule has 3 N–H and O–H groups in total. The van der Waals surface area contributed by atoms with Gasteiger partial charge in [-0.05, 0) is 43.3 Å². The third kappa shape index (κ3) is 4.14. The van der Waals surface area contributed by atoms with Crippen LogP contribution in [-0.4, -0.2) is 35.2 Å². The van der Waals surface area contributed by atoms with Gasteiger partial charge in [-0.2, -0.15) is 5.10 Å². The first-order valence-corrected chi connectivity index (χ1v) is 7.82. The van der Waals surface area contributed by atoms with E-state index < -0.39 is 0 Å². The molecule has 3 rings (SSSR count). The lowest BCUT2D eigenvalue weighted by Crippen LogP contribution is -2.26. The predicted octanol–water partition coefficient (Wildman–Crippen LogP) is 2.52. The number of methoxy groups -OCH3 is 1. The highest BCUT2D eigenvalue weighted by atomic mass is 16.5. The minimum absolute atomic E-state index is 0.114. The Hall–Kier alpha value is -3.35. The van der Waals surface area contributed by atoms with Crippen LogP contribution < -0.4 is 15.5 Å². The minimum atomic E-state index is -0.244. The third-order valence-corrected chi connectivity index (χ3v) is 3.62. The van der Waals surface area contributed by atoms with Gasteiger partial charge in [-0.1, -0.05) is 12.1 Å². The average Bonchev–Trinajstić information content (AvgIpc) is 3.09. The molecule has 3 aromatic rings. The van der Waals surface area contributed by atoms with Crippen LogP contribution in [0.3, 0.4) is 0 Å². The lowest BCUT2D eigenvalue weighted by atomic mass is 10.3. The Balaban J connectivity index is 1.55. The van der Waals surface area contributed by atoms with E-state index in [-0.39, 0.29) is 12.5 Å². The van der Waals surface area contributed by atoms with Gasteiger partial charge in [0.2, 0.25) is 0 Å². The summed E-state index contributed by atoms with van der Waals surface area (Å²) in [4.78, 5) is 19.5. The smallest absolute Gasteiger partial charge is 0.259 e. The number of aromatic amines is 1. The van der Waals surface area contributed by atoms with Crippen molar-refractivity contribution in [1.29, 1.82) is 0 Å². The van der Waals surface area contributed by atoms with Gasteiger partial charge >= 0.3 is 0 Å². The van der Waals surface area contributed by atoms with Crippen molar-refractivity contribution in [2.24, 2.45) is 5.10 Å². The van der Waals surface area contributed by atoms with Crippen molar-refractivity contribution >= 4 is 28.3 Å². The highest BCUT2D eigenvalue weighted by Gasteiger charge is 2.06. The van der Waals surface area contributed by atoms with E-state index in [1.54, 1.807) is 14.0 Å². The van der Waals surface area contributed by atoms with Crippen LogP contribution in [0.4, 0.5) is 5.69 Å². The standard InChI is InChI=1S/C18H19N5O2/c1-12(18-20-15-5-3-4-6-16(15)21-18)22-23-17(24)11-19-13-7-9-14(25-2)10-8-13/h3-10,19H,11H2,1-2H3,(H,20,21)(H,23,24)/b22-12+. The molecule has 2 aromatic carbocycles. The highest BCUT2D eigenvalue weighted by Crippen LogP contribution is 2.14. The van der Waals surface area contributed by atoms with E-state index in [9.17, 15) is 4.79 Å². The molecule has 0 saturated carbocycles. The topological polar surface area (TPSA) is 91.4 Å². The number of rotatable bonds is 6. The third-order valence-electron chi connectivity index (χ3n) is 3.62. The first-order valence-electron chi connectivity index (χ1n) is 7.82. The second-order valence-electron chi connectivity index (χ2n) is 5.42. The molecule has 0 bridgehead atoms. The number of ether oxygens (including phenoxy) is 1. The SMILES string of the molecule is COc1ccc(NCC(=O)N/N=C(\C)c2nc3ccccc3[nH]2)cc1. The largest absolute Gasteiger partial charge is 0.497 e. The Morgan fingerprint density at radius 3 is 2.68 bits per heavy atom. The van der Waals surface area contributed by atoms with Crippen molar-refractivity contribution in [3.63, 3.8) is 0 Å². The molecule has 0 unspecified atom stereocenters. The molecule has 0 aliphatic carbocycles. The normalized spacial score (nSPS) is 11.4. The fourth-order valence-electron chi connectivity index (χ4n) is 2.25. The van der Waals surface area contributed by atoms with Crippen LogP contribution in [0, 0.1) is 0 Å². The molecule has 1 amide bonds. The summed E-state index contributed by atoms with van der Waals surface area (Å²) in [5.74, 6) is 1.15. The highest BCUT2D eigenvalue weighted by molar-refractivity contribution is 5.98. The second kappa shape index (κ2) is 7.48. The zero-order valence-electron chi connectivity index (χ0n) is 14.0. The van der Waals surface area contributed by atoms with Crippen molar-refractivity contribution in [1.82, 2.24) is 15.4 Å². The number of hydrazone groups is 1. The number of para-hydroxylation sites is 2. The summed E-state index contributed by atoms with van der Waals surface area (Å²) in [6.07, 6.45) is 0. The van der Waals surface area contributed by atoms with Gasteiger partial charge in [0.05, 0.1) is 24.7 Å². The van der Waals surface area contributed by atoms with Crippen LogP contribution in [-0.2, 0) is 4.79 Å². The van der Waals surface area contributed by atoms with Crippen molar-refractivity contribution in [2.45, 2.75) is 6.92 Å². The van der Waals surface area contributed by atoms with Gasteiger partial charge < -0.3 is 15.0 Å². The van der Waals surface area contributed by atoms with Crippen LogP contribution >= 0.6 is 0 Å². The number of hydrogen-bond donors (Lipinski definition) is 3. The van der Waals surface area contributed by atoms with Crippen molar-refractivity contribution in [2.75, 3.05) is 19.0 Å². The first-order chi connectivity index (χ1) is 12.2. The van der Waals surface area contributed by atoms with Crippen molar-refractivity contribution in [3.05, 3.63) is 54.4 Å². The fourth-order valence-corrected chi connectivity index (χ4v) is 2.25. The van der Waals surface area contributed by atoms with Gasteiger partial charge in [0.15, 0.2) is 5.82 Å². The number of carbonyl (C=O) groups is 1. The Kier molecular flexibility index (Phi) is 4.94. The molecule has 0 fully saturated rings. The molecule has 0 radical (unpaired) electrons. The summed E-state index contributed by atoms with van der Waals surface area (Å²) >= 11 is 0. The quantitative estimate of drug-likeness (QED) is 0.476. The van der Waals surface area contributed by atoms with E-state index in [4.69, 9.17) is 4.74 Å². The molecular formula is C18H19N5O2. The monoisotopic (exact) mass is 337 g/mol. The molecule has 0 spiro atoms. The van der Waals surface area contributed by atoms with E-state index in [2.05, 4.69) is 25.8 Å². The number of fused-ring (bicyclic) bond motifs is 1. The second-order valence-corrected chi connectivity index (χ2v) is 5.42. The molecule has 1 heterocycles. The van der Waals surface area contributed by atoms with Gasteiger partial charge in [-0.25, -0.2) is 10.4 Å². The molecule has 1 aromatic heterocycles. The summed E-state index contributed by atoms with van der Waals surface area (Å²) in [7, 11) is 1.61. The molecule has 7 heteroatoms. The summed E-state index contributed by atoms with van der Waals surface area (Å²) in [6, 6.07) is 15.0. The van der Waals surface area contributed by atoms with Crippen molar-refractivity contribution in [3.8, 4) is 5.75 Å². The number of amides is 1. The van der Waals surface area contributed by atoms with Crippen LogP contribution in [0.25, 0.3) is 11.0 Å². The Labute approximate surface area is 145 Å². The minimum Gasteiger partial charge on any atom is -0.497 e. The van der Waals surface area contributed by atoms with Gasteiger partial charge in [0, 0.05) is 5.69 Å². The van der Waals surface area contributed by atoms with Crippen LogP contribution in [0.1, 0.15) is 12.7 Å². The zero-order valence-corrected chi connectivity index (χ0v) is 14.0. The molecule has 25 heavy (non-hydrogen) atoms. The van der Waals surface area contributed by atoms with E-state index in [0.717, 1.165) is 22.5 Å². The molecule has 128 valence electrons. The number of hydrogen-bond acceptors (Lipinski definition) is 5. The van der Waals surface area contributed by atoms with Crippen molar-refractivity contribution < 1.29 is 9.53 Å². The summed E-state index contributed by atoms with van der Waals surface area (Å²) < 4.78 is 5.09. The summed E-state index contributed by atoms with van der Waals surface area (Å²) in [6.45, 7) is 1.90. The molecule has 0 saturated heterocycles. The van der Waals surface area contributed by atoms with E-state index in [1.807, 2.05) is 48.5 Å². The number of aromatic nitrogens is 2. The maximum atomic E-state index is 11.9. The molecule has 0 aliphatic heterocycles. The van der Waals surface area contributed by atoms with E-state index in [1.165, 1.54) is 0 Å². The number of H-pyrrole nitrogens is 1. The maximum Gasteiger partial charge on any atom is 0.259 e. The number of carbonyl (C=O) groups excluding carboxylic acids is 1. The molecule has 0 atom stereocenters. The number of imidazole rings is 1. The molecular weight excluding hydrogens is 318 g/mol. The maximum absolute atomic E-state index is 11.9. The van der Waals surface area contributed by atoms with Crippen LogP contribution in [0.5, 0.6) is 5.75 Å². The Morgan fingerprint density at radius 1 is 1.20 bits per heavy atom. The summed E-state index contributed by atoms with van der Waals surface area (Å²) in [5.41, 5.74) is 5.74. The summed E-state index contributed by atoms with van der Waals surface area (Å²) in [5, 5.41) is 7.11. The predicted molar refractivity (Wildman–Crippen MR) is 97.9 cm³/mol. The van der Waals surface area contributed by atoms with Gasteiger partial charge in [-0.15, -0.1) is 0 Å². The number of benzene rings is 2. The van der Waals surface area contributed by atoms with Crippen LogP contribution in [0.15, 0.2) is 53.6 Å². The average molecular weight is 337 g/mol. The Bertz CT molecular complexity index is 866. The molecule has 7 nitrogen and oxygen atoms in total. The van der Waals surface area contributed by atoms with Gasteiger partial charge in [-0.3, -0.25) is 4.79 Å². The van der Waals surface area contributed by atoms with Gasteiger partial charge in [0.1, 0.15) is 11.5 Å². The zero-order chi connectivity index (χ0) is 17.6. The Morgan fingerprint density at radius 2 is 1.96 bits per heavy atom. The van der Waals surface area contributed by atoms with Crippen LogP contribution in [0.2, 0.25) is 0 Å². The van der Waals surface area contributed by atoms with Gasteiger partial charge in [0.25, 0.3) is 5.91 Å². The lowest BCUT2D eigenvalue weighted by molar-refractivity contribution is -0.119. The van der Waals surface area contributed by atoms with E-state index in [0.29, 0.717) is 11.5 Å². The van der Waals surface area contributed by atoms with E-state index >= 15 is 0 Å². The lowest BCUT2D eigenvalue weighted by Gasteiger charge is -2.06. The number of anilines is 1. The molecule has 0 aliphatic rings. The fraction of sp³-hybridized carbons (Fsp3) is 0.167. The number of nitrogens with one attached hydrogen (secondary N) is 3. The number of nitrogens with zero attached hydrogens (tertiary/aromatic N) is 2.